The van der Waals surface area contributed by atoms with Gasteiger partial charge in [-0.15, -0.1) is 0 Å². The van der Waals surface area contributed by atoms with E-state index in [2.05, 4.69) is 41.5 Å². The van der Waals surface area contributed by atoms with Crippen LogP contribution < -0.4 is 0 Å². The molecule has 0 N–H and O–H groups in total. The van der Waals surface area contributed by atoms with Gasteiger partial charge in [0, 0.05) is 6.42 Å². The van der Waals surface area contributed by atoms with Gasteiger partial charge in [-0.25, -0.2) is 0 Å². The van der Waals surface area contributed by atoms with Crippen LogP contribution in [0.3, 0.4) is 0 Å². The highest BCUT2D eigenvalue weighted by Gasteiger charge is 2.35. The van der Waals surface area contributed by atoms with Crippen molar-refractivity contribution in [3.8, 4) is 0 Å². The molecule has 0 aliphatic rings. The molecule has 0 radical (unpaired) electrons. The van der Waals surface area contributed by atoms with Gasteiger partial charge in [-0.3, -0.25) is 9.59 Å². The van der Waals surface area contributed by atoms with Crippen LogP contribution in [0.25, 0.3) is 0 Å². The lowest BCUT2D eigenvalue weighted by molar-refractivity contribution is -0.157. The maximum absolute atomic E-state index is 12.8. The standard InChI is InChI=1S/C30H58O4/c1-7-30(8-2,29(32)34-25-19-16-21-27(5)6)23-17-13-11-9-10-12-14-22-28(31)33-24-18-15-20-26(3)4/h26-27H,7-25H2,1-6H3. The van der Waals surface area contributed by atoms with Crippen LogP contribution in [-0.4, -0.2) is 25.2 Å². The minimum absolute atomic E-state index is 0.0221. The Kier molecular flexibility index (Phi) is 20.6. The quantitative estimate of drug-likeness (QED) is 0.108. The Morgan fingerprint density at radius 3 is 1.59 bits per heavy atom. The molecule has 0 amide bonds. The molecule has 0 atom stereocenters. The number of carbonyl (C=O) groups is 2. The highest BCUT2D eigenvalue weighted by Crippen LogP contribution is 2.34. The molecule has 0 saturated carbocycles. The minimum atomic E-state index is -0.298. The zero-order valence-electron chi connectivity index (χ0n) is 23.7. The van der Waals surface area contributed by atoms with Crippen molar-refractivity contribution in [1.82, 2.24) is 0 Å². The fourth-order valence-electron chi connectivity index (χ4n) is 4.50. The average Bonchev–Trinajstić information content (AvgIpc) is 2.79. The van der Waals surface area contributed by atoms with E-state index < -0.39 is 0 Å². The van der Waals surface area contributed by atoms with Gasteiger partial charge in [0.25, 0.3) is 0 Å². The topological polar surface area (TPSA) is 52.6 Å². The van der Waals surface area contributed by atoms with Gasteiger partial charge < -0.3 is 9.47 Å². The molecule has 0 bridgehead atoms. The first kappa shape index (κ1) is 32.9. The number of carbonyl (C=O) groups excluding carboxylic acids is 2. The molecule has 202 valence electrons. The molecular weight excluding hydrogens is 424 g/mol. The Morgan fingerprint density at radius 1 is 0.618 bits per heavy atom. The monoisotopic (exact) mass is 482 g/mol. The second-order valence-electron chi connectivity index (χ2n) is 11.1. The van der Waals surface area contributed by atoms with Gasteiger partial charge in [0.15, 0.2) is 0 Å². The van der Waals surface area contributed by atoms with Crippen molar-refractivity contribution in [2.75, 3.05) is 13.2 Å². The number of unbranched alkanes of at least 4 members (excludes halogenated alkanes) is 8. The molecule has 0 aromatic rings. The molecule has 0 unspecified atom stereocenters. The van der Waals surface area contributed by atoms with E-state index in [1.165, 1.54) is 38.5 Å². The lowest BCUT2D eigenvalue weighted by atomic mass is 9.77. The Labute approximate surface area is 212 Å². The molecule has 0 saturated heterocycles. The Hall–Kier alpha value is -1.06. The van der Waals surface area contributed by atoms with E-state index in [-0.39, 0.29) is 17.4 Å². The summed E-state index contributed by atoms with van der Waals surface area (Å²) >= 11 is 0. The van der Waals surface area contributed by atoms with Crippen LogP contribution in [-0.2, 0) is 19.1 Å². The van der Waals surface area contributed by atoms with Crippen molar-refractivity contribution in [2.24, 2.45) is 17.3 Å². The lowest BCUT2D eigenvalue weighted by Crippen LogP contribution is -2.32. The summed E-state index contributed by atoms with van der Waals surface area (Å²) in [7, 11) is 0. The largest absolute Gasteiger partial charge is 0.466 e. The number of rotatable bonds is 23. The van der Waals surface area contributed by atoms with Crippen LogP contribution in [0.4, 0.5) is 0 Å². The summed E-state index contributed by atoms with van der Waals surface area (Å²) in [5.74, 6) is 1.43. The number of hydrogen-bond donors (Lipinski definition) is 0. The van der Waals surface area contributed by atoms with Crippen LogP contribution in [0.5, 0.6) is 0 Å². The van der Waals surface area contributed by atoms with E-state index in [9.17, 15) is 9.59 Å². The zero-order valence-corrected chi connectivity index (χ0v) is 23.7. The van der Waals surface area contributed by atoms with Gasteiger partial charge in [0.05, 0.1) is 18.6 Å². The third kappa shape index (κ3) is 17.4. The summed E-state index contributed by atoms with van der Waals surface area (Å²) in [5, 5.41) is 0. The Morgan fingerprint density at radius 2 is 1.09 bits per heavy atom. The van der Waals surface area contributed by atoms with E-state index in [1.807, 2.05) is 0 Å². The summed E-state index contributed by atoms with van der Waals surface area (Å²) in [5.41, 5.74) is -0.298. The highest BCUT2D eigenvalue weighted by atomic mass is 16.5. The molecule has 0 spiro atoms. The van der Waals surface area contributed by atoms with E-state index in [0.717, 1.165) is 70.1 Å². The predicted molar refractivity (Wildman–Crippen MR) is 144 cm³/mol. The van der Waals surface area contributed by atoms with Crippen molar-refractivity contribution < 1.29 is 19.1 Å². The first-order valence-corrected chi connectivity index (χ1v) is 14.6. The summed E-state index contributed by atoms with van der Waals surface area (Å²) in [6, 6.07) is 0. The molecule has 0 aromatic heterocycles. The van der Waals surface area contributed by atoms with E-state index in [0.29, 0.717) is 25.6 Å². The second-order valence-corrected chi connectivity index (χ2v) is 11.1. The lowest BCUT2D eigenvalue weighted by Gasteiger charge is -2.29. The van der Waals surface area contributed by atoms with Crippen LogP contribution in [0.15, 0.2) is 0 Å². The SMILES string of the molecule is CCC(CC)(CCCCCCCCCC(=O)OCCCCC(C)C)C(=O)OCCCCC(C)C. The maximum Gasteiger partial charge on any atom is 0.312 e. The van der Waals surface area contributed by atoms with Gasteiger partial charge in [0.1, 0.15) is 0 Å². The Balaban J connectivity index is 3.81. The fourth-order valence-corrected chi connectivity index (χ4v) is 4.50. The van der Waals surface area contributed by atoms with Crippen molar-refractivity contribution in [3.63, 3.8) is 0 Å². The second kappa shape index (κ2) is 21.2. The molecule has 34 heavy (non-hydrogen) atoms. The summed E-state index contributed by atoms with van der Waals surface area (Å²) in [6.45, 7) is 14.3. The van der Waals surface area contributed by atoms with Crippen LogP contribution >= 0.6 is 0 Å². The predicted octanol–water partition coefficient (Wildman–Crippen LogP) is 9.04. The van der Waals surface area contributed by atoms with Gasteiger partial charge in [-0.2, -0.15) is 0 Å². The molecule has 0 heterocycles. The molecule has 4 heteroatoms. The molecule has 0 fully saturated rings. The third-order valence-electron chi connectivity index (χ3n) is 7.17. The van der Waals surface area contributed by atoms with Crippen molar-refractivity contribution in [2.45, 2.75) is 151 Å². The van der Waals surface area contributed by atoms with E-state index in [4.69, 9.17) is 9.47 Å². The first-order valence-electron chi connectivity index (χ1n) is 14.6. The summed E-state index contributed by atoms with van der Waals surface area (Å²) in [6.07, 6.45) is 17.7. The van der Waals surface area contributed by atoms with Crippen LogP contribution in [0.1, 0.15) is 151 Å². The van der Waals surface area contributed by atoms with Gasteiger partial charge in [0.2, 0.25) is 0 Å². The first-order chi connectivity index (χ1) is 16.3. The van der Waals surface area contributed by atoms with E-state index in [1.54, 1.807) is 0 Å². The van der Waals surface area contributed by atoms with Gasteiger partial charge in [-0.05, 0) is 63.2 Å². The average molecular weight is 483 g/mol. The molecule has 0 rings (SSSR count). The number of hydrogen-bond acceptors (Lipinski definition) is 4. The molecule has 0 aliphatic heterocycles. The number of ether oxygens (including phenoxy) is 2. The van der Waals surface area contributed by atoms with Crippen molar-refractivity contribution in [1.29, 1.82) is 0 Å². The summed E-state index contributed by atoms with van der Waals surface area (Å²) < 4.78 is 11.0. The van der Waals surface area contributed by atoms with E-state index >= 15 is 0 Å². The van der Waals surface area contributed by atoms with Gasteiger partial charge >= 0.3 is 11.9 Å². The van der Waals surface area contributed by atoms with Crippen LogP contribution in [0, 0.1) is 17.3 Å². The fraction of sp³-hybridized carbons (Fsp3) is 0.933. The van der Waals surface area contributed by atoms with Gasteiger partial charge in [-0.1, -0.05) is 92.9 Å². The zero-order chi connectivity index (χ0) is 25.7. The summed E-state index contributed by atoms with van der Waals surface area (Å²) in [4.78, 5) is 24.6. The highest BCUT2D eigenvalue weighted by molar-refractivity contribution is 5.76. The van der Waals surface area contributed by atoms with Crippen molar-refractivity contribution >= 4 is 11.9 Å². The van der Waals surface area contributed by atoms with Crippen molar-refractivity contribution in [3.05, 3.63) is 0 Å². The molecule has 0 aromatic carbocycles. The number of esters is 2. The Bertz CT molecular complexity index is 494. The molecule has 0 aliphatic carbocycles. The normalized spacial score (nSPS) is 11.9. The molecule has 4 nitrogen and oxygen atoms in total. The maximum atomic E-state index is 12.8. The van der Waals surface area contributed by atoms with Crippen LogP contribution in [0.2, 0.25) is 0 Å². The third-order valence-corrected chi connectivity index (χ3v) is 7.17. The molecular formula is C30H58O4. The smallest absolute Gasteiger partial charge is 0.312 e. The minimum Gasteiger partial charge on any atom is -0.466 e.